The fourth-order valence-electron chi connectivity index (χ4n) is 0.725. The van der Waals surface area contributed by atoms with Crippen molar-refractivity contribution in [2.24, 2.45) is 16.6 Å². The monoisotopic (exact) mass is 192 g/mol. The van der Waals surface area contributed by atoms with Crippen LogP contribution in [0.5, 0.6) is 0 Å². The largest absolute Gasteiger partial charge is 0.385 e. The summed E-state index contributed by atoms with van der Waals surface area (Å²) < 4.78 is 0. The SMILES string of the molecule is CCC(N=N)(C(=N)N)C(=N)N.Cl. The van der Waals surface area contributed by atoms with Crippen LogP contribution in [0.4, 0.5) is 0 Å². The lowest BCUT2D eigenvalue weighted by Gasteiger charge is -2.22. The highest BCUT2D eigenvalue weighted by atomic mass is 35.5. The smallest absolute Gasteiger partial charge is 0.193 e. The molecule has 0 aliphatic carbocycles. The first-order chi connectivity index (χ1) is 5.01. The first-order valence-corrected chi connectivity index (χ1v) is 3.09. The van der Waals surface area contributed by atoms with Crippen LogP contribution in [0.2, 0.25) is 0 Å². The molecule has 0 fully saturated rings. The quantitative estimate of drug-likeness (QED) is 0.251. The summed E-state index contributed by atoms with van der Waals surface area (Å²) in [6, 6.07) is 0. The first kappa shape index (κ1) is 13.4. The third kappa shape index (κ3) is 1.91. The maximum absolute atomic E-state index is 7.07. The van der Waals surface area contributed by atoms with E-state index in [4.69, 9.17) is 27.8 Å². The lowest BCUT2D eigenvalue weighted by atomic mass is 9.95. The number of nitrogens with one attached hydrogen (secondary N) is 3. The normalized spacial score (nSPS) is 13.8. The molecular formula is C5H13ClN6. The molecule has 0 aromatic carbocycles. The van der Waals surface area contributed by atoms with E-state index in [1.807, 2.05) is 0 Å². The van der Waals surface area contributed by atoms with Gasteiger partial charge in [-0.15, -0.1) is 12.4 Å². The van der Waals surface area contributed by atoms with E-state index in [2.05, 4.69) is 5.11 Å². The van der Waals surface area contributed by atoms with Gasteiger partial charge in [-0.25, -0.2) is 5.53 Å². The van der Waals surface area contributed by atoms with Gasteiger partial charge in [-0.1, -0.05) is 6.92 Å². The number of halogens is 1. The zero-order chi connectivity index (χ0) is 9.07. The van der Waals surface area contributed by atoms with Gasteiger partial charge in [-0.05, 0) is 6.42 Å². The molecule has 0 aromatic rings. The number of hydrogen-bond donors (Lipinski definition) is 5. The van der Waals surface area contributed by atoms with Crippen molar-refractivity contribution < 1.29 is 0 Å². The maximum atomic E-state index is 7.07. The lowest BCUT2D eigenvalue weighted by Crippen LogP contribution is -2.51. The number of amidine groups is 2. The van der Waals surface area contributed by atoms with Crippen molar-refractivity contribution in [1.82, 2.24) is 0 Å². The molecular weight excluding hydrogens is 180 g/mol. The van der Waals surface area contributed by atoms with Crippen LogP contribution < -0.4 is 11.5 Å². The summed E-state index contributed by atoms with van der Waals surface area (Å²) in [6.45, 7) is 1.67. The molecule has 0 saturated heterocycles. The Balaban J connectivity index is 0. The molecule has 70 valence electrons. The Bertz CT molecular complexity index is 186. The second-order valence-electron chi connectivity index (χ2n) is 2.15. The number of nitrogens with two attached hydrogens (primary N) is 2. The van der Waals surface area contributed by atoms with Crippen LogP contribution in [0, 0.1) is 16.3 Å². The standard InChI is InChI=1S/C5H12N6.ClH/c1-2-5(11-10,3(6)7)4(8)9;/h10H,2H2,1H3,(H3,6,7)(H3,8,9);1H. The van der Waals surface area contributed by atoms with Crippen molar-refractivity contribution in [3.63, 3.8) is 0 Å². The van der Waals surface area contributed by atoms with Crippen LogP contribution in [0.15, 0.2) is 5.11 Å². The van der Waals surface area contributed by atoms with E-state index in [1.165, 1.54) is 0 Å². The van der Waals surface area contributed by atoms with Crippen LogP contribution in [-0.4, -0.2) is 17.2 Å². The molecule has 0 aliphatic rings. The summed E-state index contributed by atoms with van der Waals surface area (Å²) in [5.41, 5.74) is 15.6. The predicted molar refractivity (Wildman–Crippen MR) is 49.2 cm³/mol. The fourth-order valence-corrected chi connectivity index (χ4v) is 0.725. The summed E-state index contributed by atoms with van der Waals surface area (Å²) in [4.78, 5) is 0. The molecule has 0 spiro atoms. The molecule has 7 heteroatoms. The lowest BCUT2D eigenvalue weighted by molar-refractivity contribution is 0.636. The van der Waals surface area contributed by atoms with Crippen molar-refractivity contribution in [2.45, 2.75) is 18.9 Å². The minimum Gasteiger partial charge on any atom is -0.385 e. The van der Waals surface area contributed by atoms with E-state index < -0.39 is 5.54 Å². The van der Waals surface area contributed by atoms with E-state index >= 15 is 0 Å². The van der Waals surface area contributed by atoms with Crippen molar-refractivity contribution in [1.29, 1.82) is 16.3 Å². The zero-order valence-corrected chi connectivity index (χ0v) is 7.53. The minimum atomic E-state index is -1.40. The summed E-state index contributed by atoms with van der Waals surface area (Å²) in [7, 11) is 0. The third-order valence-corrected chi connectivity index (χ3v) is 1.59. The van der Waals surface area contributed by atoms with Crippen LogP contribution in [0.3, 0.4) is 0 Å². The van der Waals surface area contributed by atoms with Gasteiger partial charge in [-0.3, -0.25) is 10.8 Å². The third-order valence-electron chi connectivity index (χ3n) is 1.59. The number of hydrogen-bond acceptors (Lipinski definition) is 4. The Morgan fingerprint density at radius 2 is 1.67 bits per heavy atom. The van der Waals surface area contributed by atoms with Gasteiger partial charge in [0, 0.05) is 0 Å². The van der Waals surface area contributed by atoms with E-state index in [-0.39, 0.29) is 30.5 Å². The maximum Gasteiger partial charge on any atom is 0.193 e. The minimum absolute atomic E-state index is 0. The Hall–Kier alpha value is -1.17. The van der Waals surface area contributed by atoms with Crippen molar-refractivity contribution in [2.75, 3.05) is 0 Å². The average molecular weight is 193 g/mol. The van der Waals surface area contributed by atoms with Gasteiger partial charge in [-0.2, -0.15) is 5.11 Å². The number of nitrogens with zero attached hydrogens (tertiary/aromatic N) is 1. The van der Waals surface area contributed by atoms with Crippen molar-refractivity contribution in [3.05, 3.63) is 0 Å². The predicted octanol–water partition coefficient (Wildman–Crippen LogP) is 0.460. The molecule has 0 rings (SSSR count). The van der Waals surface area contributed by atoms with E-state index in [0.717, 1.165) is 0 Å². The zero-order valence-electron chi connectivity index (χ0n) is 6.72. The van der Waals surface area contributed by atoms with Gasteiger partial charge in [0.05, 0.1) is 0 Å². The van der Waals surface area contributed by atoms with Gasteiger partial charge in [0.15, 0.2) is 5.54 Å². The van der Waals surface area contributed by atoms with Crippen LogP contribution in [0.25, 0.3) is 0 Å². The van der Waals surface area contributed by atoms with E-state index in [1.54, 1.807) is 6.92 Å². The number of rotatable bonds is 4. The van der Waals surface area contributed by atoms with Crippen LogP contribution in [0.1, 0.15) is 13.3 Å². The molecule has 0 bridgehead atoms. The molecule has 12 heavy (non-hydrogen) atoms. The summed E-state index contributed by atoms with van der Waals surface area (Å²) in [5.74, 6) is -0.718. The van der Waals surface area contributed by atoms with E-state index in [9.17, 15) is 0 Å². The second kappa shape index (κ2) is 4.66. The highest BCUT2D eigenvalue weighted by Gasteiger charge is 2.35. The average Bonchev–Trinajstić information content (AvgIpc) is 1.90. The van der Waals surface area contributed by atoms with Crippen molar-refractivity contribution >= 4 is 24.1 Å². The molecule has 0 aliphatic heterocycles. The Labute approximate surface area is 76.6 Å². The van der Waals surface area contributed by atoms with Gasteiger partial charge in [0.1, 0.15) is 11.7 Å². The summed E-state index contributed by atoms with van der Waals surface area (Å²) in [6.07, 6.45) is 0.265. The molecule has 7 N–H and O–H groups in total. The highest BCUT2D eigenvalue weighted by Crippen LogP contribution is 2.14. The van der Waals surface area contributed by atoms with Crippen LogP contribution >= 0.6 is 12.4 Å². The first-order valence-electron chi connectivity index (χ1n) is 3.09. The molecule has 0 unspecified atom stereocenters. The Morgan fingerprint density at radius 1 is 1.33 bits per heavy atom. The van der Waals surface area contributed by atoms with Gasteiger partial charge in [0.2, 0.25) is 0 Å². The summed E-state index contributed by atoms with van der Waals surface area (Å²) in [5, 5.41) is 17.2. The molecule has 0 heterocycles. The molecule has 0 saturated carbocycles. The summed E-state index contributed by atoms with van der Waals surface area (Å²) >= 11 is 0. The topological polar surface area (TPSA) is 136 Å². The second-order valence-corrected chi connectivity index (χ2v) is 2.15. The van der Waals surface area contributed by atoms with Crippen molar-refractivity contribution in [3.8, 4) is 0 Å². The van der Waals surface area contributed by atoms with Gasteiger partial charge >= 0.3 is 0 Å². The molecule has 6 nitrogen and oxygen atoms in total. The fraction of sp³-hybridized carbons (Fsp3) is 0.600. The molecule has 0 amide bonds. The molecule has 0 aromatic heterocycles. The molecule has 0 radical (unpaired) electrons. The Kier molecular flexibility index (Phi) is 5.21. The highest BCUT2D eigenvalue weighted by molar-refractivity contribution is 6.10. The van der Waals surface area contributed by atoms with Crippen LogP contribution in [-0.2, 0) is 0 Å². The van der Waals surface area contributed by atoms with E-state index in [0.29, 0.717) is 0 Å². The van der Waals surface area contributed by atoms with Gasteiger partial charge < -0.3 is 11.5 Å². The van der Waals surface area contributed by atoms with Gasteiger partial charge in [0.25, 0.3) is 0 Å². The molecule has 0 atom stereocenters. The Morgan fingerprint density at radius 3 is 1.67 bits per heavy atom.